The molecule has 5 rings (SSSR count). The summed E-state index contributed by atoms with van der Waals surface area (Å²) in [5.74, 6) is -0.496. The molecule has 3 aromatic rings. The first-order valence-electron chi connectivity index (χ1n) is 13.4. The molecule has 2 saturated heterocycles. The van der Waals surface area contributed by atoms with Gasteiger partial charge in [0, 0.05) is 47.1 Å². The van der Waals surface area contributed by atoms with Crippen LogP contribution in [-0.4, -0.2) is 68.0 Å². The number of hydrogen-bond acceptors (Lipinski definition) is 6. The Morgan fingerprint density at radius 1 is 1.07 bits per heavy atom. The lowest BCUT2D eigenvalue weighted by atomic mass is 9.93. The SMILES string of the molecule is Cc1cc(Cl)cc(-c2ncnc3cc(CN4C(=O)CCN(CC(F)(F)F)C4=O)sc23)c1CN1[C@H](C)CCC[C@H]1C. The molecule has 2 aliphatic heterocycles. The number of aromatic nitrogens is 2. The van der Waals surface area contributed by atoms with Crippen molar-refractivity contribution in [1.29, 1.82) is 0 Å². The van der Waals surface area contributed by atoms with Crippen molar-refractivity contribution in [3.8, 4) is 11.3 Å². The summed E-state index contributed by atoms with van der Waals surface area (Å²) in [6.07, 6.45) is 0.282. The number of amides is 3. The second-order valence-corrected chi connectivity index (χ2v) is 12.3. The number of benzene rings is 1. The highest BCUT2D eigenvalue weighted by molar-refractivity contribution is 7.19. The van der Waals surface area contributed by atoms with E-state index in [4.69, 9.17) is 11.6 Å². The largest absolute Gasteiger partial charge is 0.406 e. The van der Waals surface area contributed by atoms with Gasteiger partial charge in [0.1, 0.15) is 12.9 Å². The van der Waals surface area contributed by atoms with E-state index in [9.17, 15) is 22.8 Å². The van der Waals surface area contributed by atoms with Gasteiger partial charge >= 0.3 is 12.2 Å². The van der Waals surface area contributed by atoms with Crippen molar-refractivity contribution < 1.29 is 22.8 Å². The number of fused-ring (bicyclic) bond motifs is 1. The Hall–Kier alpha value is -2.76. The van der Waals surface area contributed by atoms with Gasteiger partial charge in [-0.15, -0.1) is 11.3 Å². The van der Waals surface area contributed by atoms with Gasteiger partial charge in [0.25, 0.3) is 0 Å². The molecular weight excluding hydrogens is 563 g/mol. The zero-order chi connectivity index (χ0) is 28.8. The van der Waals surface area contributed by atoms with Crippen molar-refractivity contribution in [3.05, 3.63) is 45.6 Å². The molecule has 7 nitrogen and oxygen atoms in total. The minimum Gasteiger partial charge on any atom is -0.315 e. The van der Waals surface area contributed by atoms with Crippen molar-refractivity contribution >= 4 is 45.1 Å². The van der Waals surface area contributed by atoms with Crippen LogP contribution >= 0.6 is 22.9 Å². The zero-order valence-electron chi connectivity index (χ0n) is 22.6. The van der Waals surface area contributed by atoms with Crippen molar-refractivity contribution in [1.82, 2.24) is 24.7 Å². The maximum atomic E-state index is 13.0. The molecule has 40 heavy (non-hydrogen) atoms. The second-order valence-electron chi connectivity index (χ2n) is 10.7. The zero-order valence-corrected chi connectivity index (χ0v) is 24.2. The second kappa shape index (κ2) is 11.3. The smallest absolute Gasteiger partial charge is 0.315 e. The normalized spacial score (nSPS) is 21.1. The maximum absolute atomic E-state index is 13.0. The third kappa shape index (κ3) is 5.96. The molecule has 0 spiro atoms. The van der Waals surface area contributed by atoms with Gasteiger partial charge in [0.2, 0.25) is 5.91 Å². The number of thiophene rings is 1. The lowest BCUT2D eigenvalue weighted by Gasteiger charge is -2.39. The van der Waals surface area contributed by atoms with Crippen molar-refractivity contribution in [2.75, 3.05) is 13.1 Å². The van der Waals surface area contributed by atoms with E-state index in [1.165, 1.54) is 24.1 Å². The third-order valence-electron chi connectivity index (χ3n) is 7.85. The van der Waals surface area contributed by atoms with E-state index < -0.39 is 24.7 Å². The Bertz CT molecular complexity index is 1440. The first kappa shape index (κ1) is 28.8. The van der Waals surface area contributed by atoms with E-state index in [1.807, 2.05) is 19.1 Å². The number of halogens is 4. The predicted molar refractivity (Wildman–Crippen MR) is 149 cm³/mol. The summed E-state index contributed by atoms with van der Waals surface area (Å²) in [5.41, 5.74) is 4.43. The monoisotopic (exact) mass is 593 g/mol. The predicted octanol–water partition coefficient (Wildman–Crippen LogP) is 6.80. The number of hydrogen-bond donors (Lipinski definition) is 0. The molecule has 2 aliphatic rings. The summed E-state index contributed by atoms with van der Waals surface area (Å²) in [5, 5.41) is 0.591. The number of carbonyl (C=O) groups excluding carboxylic acids is 2. The van der Waals surface area contributed by atoms with Crippen LogP contribution in [0.15, 0.2) is 24.5 Å². The van der Waals surface area contributed by atoms with Crippen LogP contribution in [0.1, 0.15) is 55.5 Å². The van der Waals surface area contributed by atoms with Crippen LogP contribution in [0.2, 0.25) is 5.02 Å². The Labute approximate surface area is 239 Å². The Kier molecular flexibility index (Phi) is 8.09. The minimum absolute atomic E-state index is 0.128. The fourth-order valence-electron chi connectivity index (χ4n) is 5.75. The van der Waals surface area contributed by atoms with Gasteiger partial charge in [-0.2, -0.15) is 13.2 Å². The van der Waals surface area contributed by atoms with Crippen LogP contribution in [0, 0.1) is 6.92 Å². The quantitative estimate of drug-likeness (QED) is 0.314. The fraction of sp³-hybridized carbons (Fsp3) is 0.500. The molecule has 4 heterocycles. The number of piperidine rings is 1. The number of imide groups is 1. The Morgan fingerprint density at radius 2 is 1.80 bits per heavy atom. The van der Waals surface area contributed by atoms with Gasteiger partial charge in [0.15, 0.2) is 0 Å². The molecule has 2 fully saturated rings. The molecule has 0 radical (unpaired) electrons. The average Bonchev–Trinajstić information content (AvgIpc) is 3.29. The summed E-state index contributed by atoms with van der Waals surface area (Å²) >= 11 is 7.86. The highest BCUT2D eigenvalue weighted by atomic mass is 35.5. The molecule has 0 aliphatic carbocycles. The number of likely N-dealkylation sites (tertiary alicyclic amines) is 1. The first-order valence-corrected chi connectivity index (χ1v) is 14.6. The third-order valence-corrected chi connectivity index (χ3v) is 9.19. The number of rotatable bonds is 6. The molecule has 0 unspecified atom stereocenters. The molecule has 1 aromatic carbocycles. The summed E-state index contributed by atoms with van der Waals surface area (Å²) < 4.78 is 39.7. The number of nitrogens with zero attached hydrogens (tertiary/aromatic N) is 5. The summed E-state index contributed by atoms with van der Waals surface area (Å²) in [6.45, 7) is 5.54. The number of aryl methyl sites for hydroxylation is 1. The van der Waals surface area contributed by atoms with E-state index in [1.54, 1.807) is 6.07 Å². The van der Waals surface area contributed by atoms with Crippen molar-refractivity contribution in [2.45, 2.75) is 77.8 Å². The standard InChI is InChI=1S/C28H31ClF3N5O2S/c1-16-9-19(29)10-21(22(16)13-36-17(2)5-4-6-18(36)3)25-26-23(33-15-34-25)11-20(40-26)12-37-24(38)7-8-35(27(37)39)14-28(30,31)32/h9-11,15,17-18H,4-8,12-14H2,1-3H3/t17-,18-/m1/s1. The van der Waals surface area contributed by atoms with Crippen LogP contribution in [0.5, 0.6) is 0 Å². The molecule has 2 atom stereocenters. The number of carbonyl (C=O) groups is 2. The molecule has 3 amide bonds. The van der Waals surface area contributed by atoms with Gasteiger partial charge < -0.3 is 4.90 Å². The number of alkyl halides is 3. The van der Waals surface area contributed by atoms with Gasteiger partial charge in [0.05, 0.1) is 22.5 Å². The van der Waals surface area contributed by atoms with Crippen LogP contribution in [0.25, 0.3) is 21.5 Å². The molecule has 0 N–H and O–H groups in total. The summed E-state index contributed by atoms with van der Waals surface area (Å²) in [7, 11) is 0. The van der Waals surface area contributed by atoms with E-state index in [2.05, 4.69) is 28.7 Å². The van der Waals surface area contributed by atoms with Crippen LogP contribution in [0.4, 0.5) is 18.0 Å². The first-order chi connectivity index (χ1) is 18.9. The van der Waals surface area contributed by atoms with E-state index >= 15 is 0 Å². The summed E-state index contributed by atoms with van der Waals surface area (Å²) in [4.78, 5) is 39.1. The van der Waals surface area contributed by atoms with E-state index in [-0.39, 0.29) is 19.5 Å². The van der Waals surface area contributed by atoms with Gasteiger partial charge in [-0.1, -0.05) is 18.0 Å². The highest BCUT2D eigenvalue weighted by Gasteiger charge is 2.39. The van der Waals surface area contributed by atoms with Crippen molar-refractivity contribution in [2.24, 2.45) is 0 Å². The van der Waals surface area contributed by atoms with Gasteiger partial charge in [-0.25, -0.2) is 14.8 Å². The molecule has 2 aromatic heterocycles. The maximum Gasteiger partial charge on any atom is 0.406 e. The lowest BCUT2D eigenvalue weighted by Crippen LogP contribution is -2.53. The number of urea groups is 1. The highest BCUT2D eigenvalue weighted by Crippen LogP contribution is 2.38. The minimum atomic E-state index is -4.54. The van der Waals surface area contributed by atoms with E-state index in [0.29, 0.717) is 38.1 Å². The van der Waals surface area contributed by atoms with Gasteiger partial charge in [-0.3, -0.25) is 14.6 Å². The average molecular weight is 594 g/mol. The summed E-state index contributed by atoms with van der Waals surface area (Å²) in [6, 6.07) is 5.59. The molecule has 214 valence electrons. The lowest BCUT2D eigenvalue weighted by molar-refractivity contribution is -0.149. The van der Waals surface area contributed by atoms with Crippen LogP contribution in [0.3, 0.4) is 0 Å². The molecule has 0 bridgehead atoms. The Morgan fingerprint density at radius 3 is 2.50 bits per heavy atom. The van der Waals surface area contributed by atoms with Crippen molar-refractivity contribution in [3.63, 3.8) is 0 Å². The Balaban J connectivity index is 1.49. The molecule has 12 heteroatoms. The fourth-order valence-corrected chi connectivity index (χ4v) is 7.12. The molecule has 0 saturated carbocycles. The van der Waals surface area contributed by atoms with Crippen LogP contribution < -0.4 is 0 Å². The topological polar surface area (TPSA) is 69.6 Å². The molecular formula is C28H31ClF3N5O2S. The van der Waals surface area contributed by atoms with Crippen LogP contribution in [-0.2, 0) is 17.9 Å². The van der Waals surface area contributed by atoms with Gasteiger partial charge in [-0.05, 0) is 62.9 Å². The van der Waals surface area contributed by atoms with E-state index in [0.717, 1.165) is 45.7 Å².